The largest absolute Gasteiger partial charge is 0.497 e. The topological polar surface area (TPSA) is 67.9 Å². The Labute approximate surface area is 172 Å². The van der Waals surface area contributed by atoms with Crippen LogP contribution in [0.15, 0.2) is 71.7 Å². The van der Waals surface area contributed by atoms with E-state index in [0.717, 1.165) is 4.88 Å². The first-order chi connectivity index (χ1) is 14.1. The van der Waals surface area contributed by atoms with Crippen molar-refractivity contribution >= 4 is 40.1 Å². The molecular formula is C22H18N2O4S. The van der Waals surface area contributed by atoms with E-state index >= 15 is 0 Å². The van der Waals surface area contributed by atoms with E-state index < -0.39 is 5.91 Å². The van der Waals surface area contributed by atoms with Crippen LogP contribution in [-0.2, 0) is 9.59 Å². The highest BCUT2D eigenvalue weighted by molar-refractivity contribution is 7.11. The van der Waals surface area contributed by atoms with Gasteiger partial charge in [-0.2, -0.15) is 0 Å². The second kappa shape index (κ2) is 7.81. The number of amides is 2. The maximum Gasteiger partial charge on any atom is 0.282 e. The Bertz CT molecular complexity index is 1090. The molecule has 1 aliphatic rings. The van der Waals surface area contributed by atoms with Gasteiger partial charge in [0.25, 0.3) is 11.8 Å². The molecule has 0 spiro atoms. The van der Waals surface area contributed by atoms with Crippen LogP contribution in [0.4, 0.5) is 11.4 Å². The SMILES string of the molecule is COc1ccc(NC2=C(c3cccs3)C(=O)N(c3cccc(OC)c3)C2=O)cc1. The number of rotatable bonds is 6. The molecule has 0 saturated carbocycles. The number of benzene rings is 2. The van der Waals surface area contributed by atoms with Gasteiger partial charge in [-0.1, -0.05) is 12.1 Å². The van der Waals surface area contributed by atoms with Crippen molar-refractivity contribution in [3.05, 3.63) is 76.6 Å². The third kappa shape index (κ3) is 3.48. The van der Waals surface area contributed by atoms with Crippen molar-refractivity contribution in [3.63, 3.8) is 0 Å². The van der Waals surface area contributed by atoms with Crippen LogP contribution in [0.2, 0.25) is 0 Å². The van der Waals surface area contributed by atoms with Crippen LogP contribution >= 0.6 is 11.3 Å². The van der Waals surface area contributed by atoms with Crippen molar-refractivity contribution in [1.82, 2.24) is 0 Å². The molecule has 2 aromatic carbocycles. The highest BCUT2D eigenvalue weighted by Crippen LogP contribution is 2.36. The van der Waals surface area contributed by atoms with E-state index in [9.17, 15) is 9.59 Å². The van der Waals surface area contributed by atoms with Gasteiger partial charge in [0.1, 0.15) is 17.2 Å². The maximum absolute atomic E-state index is 13.3. The van der Waals surface area contributed by atoms with E-state index in [1.54, 1.807) is 62.8 Å². The van der Waals surface area contributed by atoms with Crippen LogP contribution in [0, 0.1) is 0 Å². The molecule has 29 heavy (non-hydrogen) atoms. The highest BCUT2D eigenvalue weighted by atomic mass is 32.1. The van der Waals surface area contributed by atoms with Crippen molar-refractivity contribution in [3.8, 4) is 11.5 Å². The summed E-state index contributed by atoms with van der Waals surface area (Å²) in [7, 11) is 3.13. The predicted molar refractivity (Wildman–Crippen MR) is 113 cm³/mol. The summed E-state index contributed by atoms with van der Waals surface area (Å²) in [4.78, 5) is 28.4. The molecule has 3 aromatic rings. The normalized spacial score (nSPS) is 13.8. The van der Waals surface area contributed by atoms with Crippen LogP contribution in [0.5, 0.6) is 11.5 Å². The molecule has 7 heteroatoms. The second-order valence-electron chi connectivity index (χ2n) is 6.23. The lowest BCUT2D eigenvalue weighted by Crippen LogP contribution is -2.32. The van der Waals surface area contributed by atoms with Gasteiger partial charge in [0.15, 0.2) is 0 Å². The molecule has 4 rings (SSSR count). The highest BCUT2D eigenvalue weighted by Gasteiger charge is 2.40. The summed E-state index contributed by atoms with van der Waals surface area (Å²) in [6.07, 6.45) is 0. The van der Waals surface area contributed by atoms with E-state index in [1.165, 1.54) is 16.2 Å². The fourth-order valence-corrected chi connectivity index (χ4v) is 3.87. The van der Waals surface area contributed by atoms with Gasteiger partial charge in [-0.25, -0.2) is 4.90 Å². The van der Waals surface area contributed by atoms with Crippen LogP contribution in [-0.4, -0.2) is 26.0 Å². The Morgan fingerprint density at radius 3 is 2.28 bits per heavy atom. The van der Waals surface area contributed by atoms with Gasteiger partial charge in [0.05, 0.1) is 25.5 Å². The Balaban J connectivity index is 1.76. The smallest absolute Gasteiger partial charge is 0.282 e. The maximum atomic E-state index is 13.3. The van der Waals surface area contributed by atoms with Crippen molar-refractivity contribution in [2.24, 2.45) is 0 Å². The monoisotopic (exact) mass is 406 g/mol. The van der Waals surface area contributed by atoms with Gasteiger partial charge >= 0.3 is 0 Å². The van der Waals surface area contributed by atoms with E-state index in [1.807, 2.05) is 17.5 Å². The minimum absolute atomic E-state index is 0.241. The molecule has 6 nitrogen and oxygen atoms in total. The summed E-state index contributed by atoms with van der Waals surface area (Å²) in [5.41, 5.74) is 1.73. The third-order valence-electron chi connectivity index (χ3n) is 4.52. The number of methoxy groups -OCH3 is 2. The van der Waals surface area contributed by atoms with Crippen LogP contribution in [0.25, 0.3) is 5.57 Å². The number of imide groups is 1. The van der Waals surface area contributed by atoms with Gasteiger partial charge in [0, 0.05) is 16.6 Å². The lowest BCUT2D eigenvalue weighted by Gasteiger charge is -2.16. The number of nitrogens with one attached hydrogen (secondary N) is 1. The molecule has 0 aliphatic carbocycles. The molecule has 1 N–H and O–H groups in total. The van der Waals surface area contributed by atoms with Crippen LogP contribution < -0.4 is 19.7 Å². The molecule has 146 valence electrons. The van der Waals surface area contributed by atoms with Crippen molar-refractivity contribution in [2.75, 3.05) is 24.4 Å². The van der Waals surface area contributed by atoms with Crippen LogP contribution in [0.3, 0.4) is 0 Å². The summed E-state index contributed by atoms with van der Waals surface area (Å²) in [5, 5.41) is 5.00. The first-order valence-electron chi connectivity index (χ1n) is 8.84. The molecular weight excluding hydrogens is 388 g/mol. The van der Waals surface area contributed by atoms with Gasteiger partial charge in [-0.05, 0) is 47.8 Å². The lowest BCUT2D eigenvalue weighted by atomic mass is 10.2. The Hall–Kier alpha value is -3.58. The molecule has 0 fully saturated rings. The molecule has 0 atom stereocenters. The first kappa shape index (κ1) is 18.8. The van der Waals surface area contributed by atoms with E-state index in [0.29, 0.717) is 28.4 Å². The number of hydrogen-bond acceptors (Lipinski definition) is 6. The Morgan fingerprint density at radius 1 is 0.862 bits per heavy atom. The molecule has 0 bridgehead atoms. The molecule has 1 aliphatic heterocycles. The van der Waals surface area contributed by atoms with Gasteiger partial charge in [-0.3, -0.25) is 9.59 Å². The lowest BCUT2D eigenvalue weighted by molar-refractivity contribution is -0.120. The van der Waals surface area contributed by atoms with Crippen molar-refractivity contribution in [1.29, 1.82) is 0 Å². The minimum Gasteiger partial charge on any atom is -0.497 e. The van der Waals surface area contributed by atoms with E-state index in [-0.39, 0.29) is 11.6 Å². The fraction of sp³-hybridized carbons (Fsp3) is 0.0909. The van der Waals surface area contributed by atoms with E-state index in [4.69, 9.17) is 9.47 Å². The van der Waals surface area contributed by atoms with Crippen LogP contribution in [0.1, 0.15) is 4.88 Å². The van der Waals surface area contributed by atoms with E-state index in [2.05, 4.69) is 5.32 Å². The molecule has 0 radical (unpaired) electrons. The second-order valence-corrected chi connectivity index (χ2v) is 7.18. The molecule has 2 heterocycles. The summed E-state index contributed by atoms with van der Waals surface area (Å²) in [5.74, 6) is 0.483. The van der Waals surface area contributed by atoms with Crippen molar-refractivity contribution < 1.29 is 19.1 Å². The standard InChI is InChI=1S/C22H18N2O4S/c1-27-16-10-8-14(9-11-16)23-20-19(18-7-4-12-29-18)21(25)24(22(20)26)15-5-3-6-17(13-15)28-2/h3-13,23H,1-2H3. The Morgan fingerprint density at radius 2 is 1.62 bits per heavy atom. The third-order valence-corrected chi connectivity index (χ3v) is 5.41. The zero-order valence-electron chi connectivity index (χ0n) is 15.8. The number of hydrogen-bond donors (Lipinski definition) is 1. The number of carbonyl (C=O) groups excluding carboxylic acids is 2. The number of thiophene rings is 1. The summed E-state index contributed by atoms with van der Waals surface area (Å²) < 4.78 is 10.4. The minimum atomic E-state index is -0.414. The van der Waals surface area contributed by atoms with Gasteiger partial charge in [-0.15, -0.1) is 11.3 Å². The quantitative estimate of drug-likeness (QED) is 0.623. The molecule has 0 saturated heterocycles. The summed E-state index contributed by atoms with van der Waals surface area (Å²) in [6.45, 7) is 0. The first-order valence-corrected chi connectivity index (χ1v) is 9.72. The number of carbonyl (C=O) groups is 2. The average molecular weight is 406 g/mol. The van der Waals surface area contributed by atoms with Gasteiger partial charge < -0.3 is 14.8 Å². The average Bonchev–Trinajstić information content (AvgIpc) is 3.35. The summed E-state index contributed by atoms with van der Waals surface area (Å²) in [6, 6.07) is 17.7. The molecule has 2 amide bonds. The van der Waals surface area contributed by atoms with Crippen molar-refractivity contribution in [2.45, 2.75) is 0 Å². The van der Waals surface area contributed by atoms with Gasteiger partial charge in [0.2, 0.25) is 0 Å². The zero-order valence-corrected chi connectivity index (χ0v) is 16.7. The Kier molecular flexibility index (Phi) is 5.05. The zero-order chi connectivity index (χ0) is 20.4. The predicted octanol–water partition coefficient (Wildman–Crippen LogP) is 4.16. The summed E-state index contributed by atoms with van der Waals surface area (Å²) >= 11 is 1.41. The molecule has 0 unspecified atom stereocenters. The number of nitrogens with zero attached hydrogens (tertiary/aromatic N) is 1. The number of ether oxygens (including phenoxy) is 2. The fourth-order valence-electron chi connectivity index (χ4n) is 3.10. The molecule has 1 aromatic heterocycles. The number of anilines is 2.